The Bertz CT molecular complexity index is 340. The van der Waals surface area contributed by atoms with Gasteiger partial charge >= 0.3 is 0 Å². The van der Waals surface area contributed by atoms with Gasteiger partial charge in [-0.3, -0.25) is 4.79 Å². The molecule has 0 bridgehead atoms. The lowest BCUT2D eigenvalue weighted by molar-refractivity contribution is 0.0909. The van der Waals surface area contributed by atoms with Gasteiger partial charge in [-0.25, -0.2) is 0 Å². The van der Waals surface area contributed by atoms with E-state index in [0.717, 1.165) is 26.2 Å². The zero-order valence-corrected chi connectivity index (χ0v) is 10.3. The van der Waals surface area contributed by atoms with Crippen LogP contribution in [0.2, 0.25) is 0 Å². The average Bonchev–Trinajstić information content (AvgIpc) is 2.90. The van der Waals surface area contributed by atoms with E-state index in [4.69, 9.17) is 4.42 Å². The van der Waals surface area contributed by atoms with Crippen LogP contribution in [-0.2, 0) is 0 Å². The summed E-state index contributed by atoms with van der Waals surface area (Å²) < 4.78 is 5.05. The number of hydrogen-bond donors (Lipinski definition) is 1. The summed E-state index contributed by atoms with van der Waals surface area (Å²) in [6.07, 6.45) is 3.87. The Kier molecular flexibility index (Phi) is 4.20. The highest BCUT2D eigenvalue weighted by molar-refractivity contribution is 5.91. The molecule has 1 amide bonds. The number of piperidine rings is 1. The van der Waals surface area contributed by atoms with Gasteiger partial charge in [0.25, 0.3) is 5.91 Å². The molecule has 0 spiro atoms. The Morgan fingerprint density at radius 2 is 2.29 bits per heavy atom. The monoisotopic (exact) mass is 236 g/mol. The van der Waals surface area contributed by atoms with Crippen LogP contribution in [0.1, 0.15) is 30.3 Å². The number of furan rings is 1. The first kappa shape index (κ1) is 12.2. The minimum absolute atomic E-state index is 0.104. The molecule has 94 valence electrons. The van der Waals surface area contributed by atoms with Crippen LogP contribution in [0.5, 0.6) is 0 Å². The van der Waals surface area contributed by atoms with E-state index in [1.807, 2.05) is 0 Å². The predicted molar refractivity (Wildman–Crippen MR) is 65.9 cm³/mol. The molecular formula is C13H20N2O2. The number of carbonyl (C=O) groups excluding carboxylic acids is 1. The van der Waals surface area contributed by atoms with Crippen LogP contribution in [0.4, 0.5) is 0 Å². The summed E-state index contributed by atoms with van der Waals surface area (Å²) in [7, 11) is 0. The van der Waals surface area contributed by atoms with Crippen molar-refractivity contribution in [1.82, 2.24) is 10.2 Å². The van der Waals surface area contributed by atoms with E-state index in [-0.39, 0.29) is 5.91 Å². The predicted octanol–water partition coefficient (Wildman–Crippen LogP) is 1.74. The largest absolute Gasteiger partial charge is 0.459 e. The Labute approximate surface area is 102 Å². The van der Waals surface area contributed by atoms with Crippen molar-refractivity contribution < 1.29 is 9.21 Å². The first-order valence-electron chi connectivity index (χ1n) is 6.33. The quantitative estimate of drug-likeness (QED) is 0.866. The van der Waals surface area contributed by atoms with Crippen molar-refractivity contribution in [3.05, 3.63) is 24.2 Å². The Morgan fingerprint density at radius 3 is 2.88 bits per heavy atom. The molecular weight excluding hydrogens is 216 g/mol. The molecule has 0 saturated carbocycles. The standard InChI is InChI=1S/C13H20N2O2/c1-2-15-7-5-11(6-8-15)10-14-13(16)12-4-3-9-17-12/h3-4,9,11H,2,5-8,10H2,1H3,(H,14,16). The van der Waals surface area contributed by atoms with Gasteiger partial charge in [0.1, 0.15) is 0 Å². The number of carbonyl (C=O) groups is 1. The molecule has 1 aliphatic heterocycles. The highest BCUT2D eigenvalue weighted by Crippen LogP contribution is 2.16. The lowest BCUT2D eigenvalue weighted by Crippen LogP contribution is -2.38. The molecule has 4 nitrogen and oxygen atoms in total. The second-order valence-corrected chi connectivity index (χ2v) is 4.56. The van der Waals surface area contributed by atoms with Gasteiger partial charge in [0.15, 0.2) is 5.76 Å². The third-order valence-electron chi connectivity index (χ3n) is 3.45. The fourth-order valence-electron chi connectivity index (χ4n) is 2.24. The topological polar surface area (TPSA) is 45.5 Å². The molecule has 4 heteroatoms. The van der Waals surface area contributed by atoms with Gasteiger partial charge in [0.05, 0.1) is 6.26 Å². The molecule has 0 radical (unpaired) electrons. The molecule has 1 aromatic rings. The van der Waals surface area contributed by atoms with E-state index in [1.165, 1.54) is 19.1 Å². The van der Waals surface area contributed by atoms with E-state index in [0.29, 0.717) is 11.7 Å². The molecule has 2 heterocycles. The molecule has 1 aliphatic rings. The number of nitrogens with one attached hydrogen (secondary N) is 1. The van der Waals surface area contributed by atoms with Gasteiger partial charge in [-0.15, -0.1) is 0 Å². The summed E-state index contributed by atoms with van der Waals surface area (Å²) >= 11 is 0. The third-order valence-corrected chi connectivity index (χ3v) is 3.45. The van der Waals surface area contributed by atoms with Crippen LogP contribution in [-0.4, -0.2) is 37.0 Å². The summed E-state index contributed by atoms with van der Waals surface area (Å²) in [5.74, 6) is 0.903. The van der Waals surface area contributed by atoms with Gasteiger partial charge < -0.3 is 14.6 Å². The smallest absolute Gasteiger partial charge is 0.286 e. The minimum Gasteiger partial charge on any atom is -0.459 e. The molecule has 17 heavy (non-hydrogen) atoms. The van der Waals surface area contributed by atoms with Crippen LogP contribution < -0.4 is 5.32 Å². The molecule has 1 aromatic heterocycles. The highest BCUT2D eigenvalue weighted by Gasteiger charge is 2.19. The van der Waals surface area contributed by atoms with Crippen molar-refractivity contribution in [3.63, 3.8) is 0 Å². The van der Waals surface area contributed by atoms with Crippen molar-refractivity contribution in [2.45, 2.75) is 19.8 Å². The zero-order chi connectivity index (χ0) is 12.1. The zero-order valence-electron chi connectivity index (χ0n) is 10.3. The first-order chi connectivity index (χ1) is 8.29. The summed E-state index contributed by atoms with van der Waals surface area (Å²) in [6, 6.07) is 3.42. The van der Waals surface area contributed by atoms with Crippen LogP contribution in [0.3, 0.4) is 0 Å². The molecule has 1 fully saturated rings. The number of rotatable bonds is 4. The molecule has 0 aromatic carbocycles. The second-order valence-electron chi connectivity index (χ2n) is 4.56. The van der Waals surface area contributed by atoms with Crippen molar-refractivity contribution in [2.75, 3.05) is 26.2 Å². The van der Waals surface area contributed by atoms with E-state index < -0.39 is 0 Å². The summed E-state index contributed by atoms with van der Waals surface area (Å²) in [4.78, 5) is 14.1. The van der Waals surface area contributed by atoms with Gasteiger partial charge in [-0.1, -0.05) is 6.92 Å². The van der Waals surface area contributed by atoms with Crippen molar-refractivity contribution in [1.29, 1.82) is 0 Å². The minimum atomic E-state index is -0.104. The molecule has 1 saturated heterocycles. The fraction of sp³-hybridized carbons (Fsp3) is 0.615. The Hall–Kier alpha value is -1.29. The van der Waals surface area contributed by atoms with E-state index in [1.54, 1.807) is 12.1 Å². The SMILES string of the molecule is CCN1CCC(CNC(=O)c2ccco2)CC1. The van der Waals surface area contributed by atoms with Crippen molar-refractivity contribution >= 4 is 5.91 Å². The van der Waals surface area contributed by atoms with Crippen molar-refractivity contribution in [2.24, 2.45) is 5.92 Å². The van der Waals surface area contributed by atoms with E-state index in [9.17, 15) is 4.79 Å². The Morgan fingerprint density at radius 1 is 1.53 bits per heavy atom. The van der Waals surface area contributed by atoms with E-state index >= 15 is 0 Å². The molecule has 0 atom stereocenters. The number of amides is 1. The summed E-state index contributed by atoms with van der Waals surface area (Å²) in [5, 5.41) is 2.94. The fourth-order valence-corrected chi connectivity index (χ4v) is 2.24. The van der Waals surface area contributed by atoms with Crippen LogP contribution in [0.25, 0.3) is 0 Å². The summed E-state index contributed by atoms with van der Waals surface area (Å²) in [5.41, 5.74) is 0. The number of nitrogens with zero attached hydrogens (tertiary/aromatic N) is 1. The third kappa shape index (κ3) is 3.33. The van der Waals surface area contributed by atoms with Crippen molar-refractivity contribution in [3.8, 4) is 0 Å². The number of likely N-dealkylation sites (tertiary alicyclic amines) is 1. The van der Waals surface area contributed by atoms with Gasteiger partial charge in [-0.05, 0) is 50.5 Å². The van der Waals surface area contributed by atoms with Gasteiger partial charge in [0, 0.05) is 6.54 Å². The second kappa shape index (κ2) is 5.87. The van der Waals surface area contributed by atoms with E-state index in [2.05, 4.69) is 17.1 Å². The normalized spacial score (nSPS) is 18.2. The molecule has 0 unspecified atom stereocenters. The van der Waals surface area contributed by atoms with Crippen LogP contribution >= 0.6 is 0 Å². The molecule has 2 rings (SSSR count). The molecule has 1 N–H and O–H groups in total. The lowest BCUT2D eigenvalue weighted by Gasteiger charge is -2.30. The Balaban J connectivity index is 1.71. The lowest BCUT2D eigenvalue weighted by atomic mass is 9.97. The summed E-state index contributed by atoms with van der Waals surface area (Å²) in [6.45, 7) is 6.39. The van der Waals surface area contributed by atoms with Crippen LogP contribution in [0.15, 0.2) is 22.8 Å². The van der Waals surface area contributed by atoms with Crippen LogP contribution in [0, 0.1) is 5.92 Å². The maximum Gasteiger partial charge on any atom is 0.286 e. The first-order valence-corrected chi connectivity index (χ1v) is 6.33. The maximum absolute atomic E-state index is 11.7. The van der Waals surface area contributed by atoms with Gasteiger partial charge in [-0.2, -0.15) is 0 Å². The molecule has 0 aliphatic carbocycles. The maximum atomic E-state index is 11.7. The average molecular weight is 236 g/mol. The van der Waals surface area contributed by atoms with Gasteiger partial charge in [0.2, 0.25) is 0 Å². The highest BCUT2D eigenvalue weighted by atomic mass is 16.3. The number of hydrogen-bond acceptors (Lipinski definition) is 3.